The van der Waals surface area contributed by atoms with E-state index in [0.717, 1.165) is 10.4 Å². The van der Waals surface area contributed by atoms with Crippen LogP contribution in [0, 0.1) is 0 Å². The molecule has 0 radical (unpaired) electrons. The molecule has 9 heavy (non-hydrogen) atoms. The minimum absolute atomic E-state index is 0.918. The zero-order valence-corrected chi connectivity index (χ0v) is 7.46. The molecule has 0 spiro atoms. The first-order valence-corrected chi connectivity index (χ1v) is 4.49. The van der Waals surface area contributed by atoms with Gasteiger partial charge in [0.2, 0.25) is 0 Å². The van der Waals surface area contributed by atoms with Gasteiger partial charge in [-0.25, -0.2) is 0 Å². The highest BCUT2D eigenvalue weighted by Crippen LogP contribution is 2.25. The molecule has 0 saturated heterocycles. The Kier molecular flexibility index (Phi) is 2.54. The second-order valence-corrected chi connectivity index (χ2v) is 3.25. The number of ether oxygens (including phenoxy) is 1. The van der Waals surface area contributed by atoms with Crippen LogP contribution in [-0.4, -0.2) is 7.11 Å². The molecule has 0 amide bonds. The van der Waals surface area contributed by atoms with Crippen LogP contribution in [0.1, 0.15) is 4.88 Å². The smallest absolute Gasteiger partial charge is 0.173 e. The predicted molar refractivity (Wildman–Crippen MR) is 43.5 cm³/mol. The largest absolute Gasteiger partial charge is 0.487 e. The topological polar surface area (TPSA) is 9.23 Å². The average molecular weight is 207 g/mol. The second kappa shape index (κ2) is 3.22. The summed E-state index contributed by atoms with van der Waals surface area (Å²) in [5.41, 5.74) is 0. The van der Waals surface area contributed by atoms with Gasteiger partial charge < -0.3 is 4.74 Å². The predicted octanol–water partition coefficient (Wildman–Crippen LogP) is 2.65. The van der Waals surface area contributed by atoms with Gasteiger partial charge in [-0.2, -0.15) is 0 Å². The third-order valence-electron chi connectivity index (χ3n) is 0.970. The summed E-state index contributed by atoms with van der Waals surface area (Å²) in [4.78, 5) is 1.30. The Morgan fingerprint density at radius 2 is 2.44 bits per heavy atom. The normalized spacial score (nSPS) is 9.56. The summed E-state index contributed by atoms with van der Waals surface area (Å²) in [7, 11) is 1.68. The van der Waals surface area contributed by atoms with E-state index in [1.54, 1.807) is 18.4 Å². The number of halogens is 1. The monoisotopic (exact) mass is 206 g/mol. The summed E-state index contributed by atoms with van der Waals surface area (Å²) in [6.45, 7) is 0. The molecule has 1 rings (SSSR count). The highest BCUT2D eigenvalue weighted by Gasteiger charge is 1.95. The SMILES string of the molecule is COc1ccc(CBr)s1. The summed E-state index contributed by atoms with van der Waals surface area (Å²) < 4.78 is 4.99. The van der Waals surface area contributed by atoms with E-state index in [-0.39, 0.29) is 0 Å². The summed E-state index contributed by atoms with van der Waals surface area (Å²) in [5.74, 6) is 0. The zero-order chi connectivity index (χ0) is 6.69. The van der Waals surface area contributed by atoms with Crippen LogP contribution in [0.15, 0.2) is 12.1 Å². The molecule has 1 nitrogen and oxygen atoms in total. The van der Waals surface area contributed by atoms with Crippen LogP contribution in [-0.2, 0) is 5.33 Å². The molecule has 0 aliphatic carbocycles. The molecule has 0 N–H and O–H groups in total. The van der Waals surface area contributed by atoms with Gasteiger partial charge in [-0.1, -0.05) is 15.9 Å². The second-order valence-electron chi connectivity index (χ2n) is 1.56. The van der Waals surface area contributed by atoms with Crippen molar-refractivity contribution in [3.63, 3.8) is 0 Å². The molecule has 50 valence electrons. The Morgan fingerprint density at radius 3 is 2.78 bits per heavy atom. The Labute approximate surface area is 66.8 Å². The quantitative estimate of drug-likeness (QED) is 0.677. The van der Waals surface area contributed by atoms with Gasteiger partial charge in [0.15, 0.2) is 5.06 Å². The maximum atomic E-state index is 4.99. The van der Waals surface area contributed by atoms with E-state index in [0.29, 0.717) is 0 Å². The van der Waals surface area contributed by atoms with Gasteiger partial charge in [-0.15, -0.1) is 11.3 Å². The van der Waals surface area contributed by atoms with Gasteiger partial charge in [0.25, 0.3) is 0 Å². The molecule has 3 heteroatoms. The molecule has 1 heterocycles. The molecule has 1 aromatic rings. The number of methoxy groups -OCH3 is 1. The third-order valence-corrected chi connectivity index (χ3v) is 2.99. The lowest BCUT2D eigenvalue weighted by Crippen LogP contribution is -1.73. The van der Waals surface area contributed by atoms with Crippen molar-refractivity contribution in [2.24, 2.45) is 0 Å². The van der Waals surface area contributed by atoms with E-state index in [1.807, 2.05) is 6.07 Å². The maximum Gasteiger partial charge on any atom is 0.173 e. The average Bonchev–Trinajstić information content (AvgIpc) is 2.34. The summed E-state index contributed by atoms with van der Waals surface area (Å²) in [6.07, 6.45) is 0. The van der Waals surface area contributed by atoms with Crippen molar-refractivity contribution in [3.05, 3.63) is 17.0 Å². The van der Waals surface area contributed by atoms with Crippen LogP contribution in [0.25, 0.3) is 0 Å². The number of rotatable bonds is 2. The van der Waals surface area contributed by atoms with Gasteiger partial charge in [0.1, 0.15) is 0 Å². The molecule has 0 aromatic carbocycles. The molecular weight excluding hydrogens is 200 g/mol. The molecule has 0 aliphatic heterocycles. The molecule has 0 unspecified atom stereocenters. The van der Waals surface area contributed by atoms with E-state index < -0.39 is 0 Å². The summed E-state index contributed by atoms with van der Waals surface area (Å²) in [5, 5.41) is 1.89. The number of thiophene rings is 1. The fraction of sp³-hybridized carbons (Fsp3) is 0.333. The molecule has 0 aliphatic rings. The molecular formula is C6H7BrOS. The first-order chi connectivity index (χ1) is 4.36. The lowest BCUT2D eigenvalue weighted by atomic mass is 10.5. The van der Waals surface area contributed by atoms with Crippen LogP contribution in [0.5, 0.6) is 5.06 Å². The minimum Gasteiger partial charge on any atom is -0.487 e. The van der Waals surface area contributed by atoms with Crippen LogP contribution in [0.4, 0.5) is 0 Å². The van der Waals surface area contributed by atoms with Crippen LogP contribution >= 0.6 is 27.3 Å². The van der Waals surface area contributed by atoms with Gasteiger partial charge in [-0.3, -0.25) is 0 Å². The standard InChI is InChI=1S/C6H7BrOS/c1-8-6-3-2-5(4-7)9-6/h2-3H,4H2,1H3. The van der Waals surface area contributed by atoms with Gasteiger partial charge >= 0.3 is 0 Å². The van der Waals surface area contributed by atoms with E-state index >= 15 is 0 Å². The zero-order valence-electron chi connectivity index (χ0n) is 5.06. The fourth-order valence-electron chi connectivity index (χ4n) is 0.540. The summed E-state index contributed by atoms with van der Waals surface area (Å²) in [6, 6.07) is 4.03. The Morgan fingerprint density at radius 1 is 1.67 bits per heavy atom. The maximum absolute atomic E-state index is 4.99. The van der Waals surface area contributed by atoms with Crippen molar-refractivity contribution < 1.29 is 4.74 Å². The molecule has 0 saturated carbocycles. The Balaban J connectivity index is 2.74. The molecule has 0 bridgehead atoms. The first kappa shape index (κ1) is 7.09. The third kappa shape index (κ3) is 1.69. The van der Waals surface area contributed by atoms with Crippen molar-refractivity contribution in [2.75, 3.05) is 7.11 Å². The molecule has 0 atom stereocenters. The van der Waals surface area contributed by atoms with Crippen LogP contribution in [0.2, 0.25) is 0 Å². The fourth-order valence-corrected chi connectivity index (χ4v) is 1.74. The van der Waals surface area contributed by atoms with Crippen LogP contribution in [0.3, 0.4) is 0 Å². The van der Waals surface area contributed by atoms with E-state index in [2.05, 4.69) is 22.0 Å². The summed E-state index contributed by atoms with van der Waals surface area (Å²) >= 11 is 5.02. The highest BCUT2D eigenvalue weighted by atomic mass is 79.9. The van der Waals surface area contributed by atoms with E-state index in [1.165, 1.54) is 4.88 Å². The minimum atomic E-state index is 0.918. The first-order valence-electron chi connectivity index (χ1n) is 2.55. The Bertz CT molecular complexity index is 166. The van der Waals surface area contributed by atoms with Crippen molar-refractivity contribution >= 4 is 27.3 Å². The van der Waals surface area contributed by atoms with Crippen molar-refractivity contribution in [3.8, 4) is 5.06 Å². The van der Waals surface area contributed by atoms with Gasteiger partial charge in [0, 0.05) is 10.2 Å². The van der Waals surface area contributed by atoms with Crippen molar-refractivity contribution in [2.45, 2.75) is 5.33 Å². The molecule has 1 aromatic heterocycles. The van der Waals surface area contributed by atoms with E-state index in [9.17, 15) is 0 Å². The van der Waals surface area contributed by atoms with Gasteiger partial charge in [0.05, 0.1) is 7.11 Å². The number of hydrogen-bond acceptors (Lipinski definition) is 2. The number of hydrogen-bond donors (Lipinski definition) is 0. The lowest BCUT2D eigenvalue weighted by molar-refractivity contribution is 0.427. The number of alkyl halides is 1. The highest BCUT2D eigenvalue weighted by molar-refractivity contribution is 9.08. The lowest BCUT2D eigenvalue weighted by Gasteiger charge is -1.88. The van der Waals surface area contributed by atoms with Crippen molar-refractivity contribution in [1.82, 2.24) is 0 Å². The van der Waals surface area contributed by atoms with Crippen LogP contribution < -0.4 is 4.74 Å². The van der Waals surface area contributed by atoms with Gasteiger partial charge in [-0.05, 0) is 12.1 Å². The van der Waals surface area contributed by atoms with Crippen molar-refractivity contribution in [1.29, 1.82) is 0 Å². The van der Waals surface area contributed by atoms with E-state index in [4.69, 9.17) is 4.74 Å². The molecule has 0 fully saturated rings. The Hall–Kier alpha value is -0.0200.